The van der Waals surface area contributed by atoms with E-state index in [1.165, 1.54) is 92.9 Å². The minimum Gasteiger partial charge on any atom is -0.208 e. The largest absolute Gasteiger partial charge is 0.208 e. The number of rotatable bonds is 4. The normalized spacial score (nSPS) is 23.6. The van der Waals surface area contributed by atoms with Gasteiger partial charge in [0, 0.05) is 27.5 Å². The molecule has 0 N–H and O–H groups in total. The zero-order valence-electron chi connectivity index (χ0n) is 33.6. The molecule has 3 heteroatoms. The molecular weight excluding hydrogens is 715 g/mol. The fraction of sp³-hybridized carbons (Fsp3) is 0.232. The topological polar surface area (TPSA) is 38.7 Å². The van der Waals surface area contributed by atoms with Gasteiger partial charge in [-0.05, 0) is 146 Å². The van der Waals surface area contributed by atoms with Gasteiger partial charge in [0.25, 0.3) is 0 Å². The Hall–Kier alpha value is -6.19. The van der Waals surface area contributed by atoms with Crippen molar-refractivity contribution >= 4 is 10.8 Å². The standard InChI is InChI=1S/C56H45N3/c1-55(2)48-15-9-8-14-44(48)46-30-40(21-23-49(46)55)35-16-18-37(19-17-35)53-57-52(36-10-4-3-5-11-36)58-54(59-53)41-20-22-45-47-29-38-12-6-7-13-39(38)31-51(47)56(50(45)32-41)42-25-33-24-34(27-42)28-43(56)26-33/h3-23,29-34,42-43H,24-28H2,1-2H3. The smallest absolute Gasteiger partial charge is 0.164 e. The lowest BCUT2D eigenvalue weighted by Gasteiger charge is -2.61. The van der Waals surface area contributed by atoms with Crippen molar-refractivity contribution in [2.24, 2.45) is 23.7 Å². The van der Waals surface area contributed by atoms with Crippen molar-refractivity contribution in [3.8, 4) is 67.5 Å². The van der Waals surface area contributed by atoms with Crippen LogP contribution in [0.4, 0.5) is 0 Å². The molecule has 4 bridgehead atoms. The molecule has 6 aliphatic rings. The molecule has 8 aromatic rings. The van der Waals surface area contributed by atoms with Crippen LogP contribution in [0.25, 0.3) is 78.3 Å². The van der Waals surface area contributed by atoms with Crippen molar-refractivity contribution in [3.63, 3.8) is 0 Å². The maximum absolute atomic E-state index is 5.31. The monoisotopic (exact) mass is 759 g/mol. The first-order valence-corrected chi connectivity index (χ1v) is 21.8. The summed E-state index contributed by atoms with van der Waals surface area (Å²) in [6.45, 7) is 4.67. The van der Waals surface area contributed by atoms with Crippen LogP contribution >= 0.6 is 0 Å². The van der Waals surface area contributed by atoms with E-state index in [-0.39, 0.29) is 10.8 Å². The molecule has 1 spiro atoms. The average Bonchev–Trinajstić information content (AvgIpc) is 3.68. The Labute approximate surface area is 346 Å². The van der Waals surface area contributed by atoms with E-state index in [0.29, 0.717) is 23.5 Å². The molecule has 284 valence electrons. The summed E-state index contributed by atoms with van der Waals surface area (Å²) in [5.74, 6) is 5.26. The van der Waals surface area contributed by atoms with Crippen molar-refractivity contribution in [1.82, 2.24) is 15.0 Å². The minimum absolute atomic E-state index is 0.00513. The summed E-state index contributed by atoms with van der Waals surface area (Å²) < 4.78 is 0. The highest BCUT2D eigenvalue weighted by molar-refractivity contribution is 5.95. The van der Waals surface area contributed by atoms with Gasteiger partial charge in [0.2, 0.25) is 0 Å². The van der Waals surface area contributed by atoms with Crippen LogP contribution in [-0.2, 0) is 10.8 Å². The molecule has 14 rings (SSSR count). The maximum atomic E-state index is 5.31. The predicted octanol–water partition coefficient (Wildman–Crippen LogP) is 13.7. The van der Waals surface area contributed by atoms with Gasteiger partial charge in [-0.25, -0.2) is 15.0 Å². The molecule has 0 radical (unpaired) electrons. The lowest BCUT2D eigenvalue weighted by Crippen LogP contribution is -2.55. The lowest BCUT2D eigenvalue weighted by molar-refractivity contribution is -0.0398. The molecule has 4 fully saturated rings. The molecule has 1 heterocycles. The van der Waals surface area contributed by atoms with E-state index in [1.54, 1.807) is 5.56 Å². The van der Waals surface area contributed by atoms with E-state index < -0.39 is 0 Å². The molecular formula is C56H45N3. The van der Waals surface area contributed by atoms with Gasteiger partial charge in [0.05, 0.1) is 0 Å². The van der Waals surface area contributed by atoms with Gasteiger partial charge in [0.1, 0.15) is 0 Å². The predicted molar refractivity (Wildman–Crippen MR) is 240 cm³/mol. The number of aromatic nitrogens is 3. The average molecular weight is 760 g/mol. The van der Waals surface area contributed by atoms with Crippen LogP contribution in [-0.4, -0.2) is 15.0 Å². The van der Waals surface area contributed by atoms with Crippen molar-refractivity contribution < 1.29 is 0 Å². The highest BCUT2D eigenvalue weighted by Gasteiger charge is 2.61. The highest BCUT2D eigenvalue weighted by Crippen LogP contribution is 2.69. The van der Waals surface area contributed by atoms with Crippen molar-refractivity contribution in [2.75, 3.05) is 0 Å². The number of fused-ring (bicyclic) bond motifs is 7. The molecule has 0 amide bonds. The number of hydrogen-bond acceptors (Lipinski definition) is 3. The molecule has 3 nitrogen and oxygen atoms in total. The van der Waals surface area contributed by atoms with Crippen molar-refractivity contribution in [3.05, 3.63) is 174 Å². The summed E-state index contributed by atoms with van der Waals surface area (Å²) >= 11 is 0. The van der Waals surface area contributed by atoms with Gasteiger partial charge in [-0.15, -0.1) is 0 Å². The van der Waals surface area contributed by atoms with Crippen LogP contribution in [0.15, 0.2) is 152 Å². The second-order valence-corrected chi connectivity index (χ2v) is 18.9. The third-order valence-corrected chi connectivity index (χ3v) is 15.5. The van der Waals surface area contributed by atoms with E-state index in [1.807, 2.05) is 0 Å². The minimum atomic E-state index is -0.00513. The molecule has 6 aliphatic carbocycles. The quantitative estimate of drug-likeness (QED) is 0.179. The van der Waals surface area contributed by atoms with Crippen LogP contribution in [0.1, 0.15) is 68.2 Å². The Morgan fingerprint density at radius 3 is 1.61 bits per heavy atom. The van der Waals surface area contributed by atoms with E-state index in [9.17, 15) is 0 Å². The van der Waals surface area contributed by atoms with E-state index >= 15 is 0 Å². The molecule has 7 aromatic carbocycles. The molecule has 0 aliphatic heterocycles. The van der Waals surface area contributed by atoms with E-state index in [2.05, 4.69) is 166 Å². The first-order chi connectivity index (χ1) is 28.9. The van der Waals surface area contributed by atoms with Crippen LogP contribution < -0.4 is 0 Å². The van der Waals surface area contributed by atoms with Crippen LogP contribution in [0.5, 0.6) is 0 Å². The third-order valence-electron chi connectivity index (χ3n) is 15.5. The van der Waals surface area contributed by atoms with Gasteiger partial charge in [0.15, 0.2) is 17.5 Å². The molecule has 1 aromatic heterocycles. The fourth-order valence-electron chi connectivity index (χ4n) is 13.1. The Balaban J connectivity index is 0.933. The van der Waals surface area contributed by atoms with Gasteiger partial charge in [-0.1, -0.05) is 141 Å². The second-order valence-electron chi connectivity index (χ2n) is 18.9. The van der Waals surface area contributed by atoms with Gasteiger partial charge in [-0.2, -0.15) is 0 Å². The van der Waals surface area contributed by atoms with E-state index in [0.717, 1.165) is 34.4 Å². The summed E-state index contributed by atoms with van der Waals surface area (Å²) in [5, 5.41) is 2.69. The fourth-order valence-corrected chi connectivity index (χ4v) is 13.1. The molecule has 0 unspecified atom stereocenters. The van der Waals surface area contributed by atoms with Crippen LogP contribution in [0.3, 0.4) is 0 Å². The first kappa shape index (κ1) is 33.7. The lowest BCUT2D eigenvalue weighted by atomic mass is 9.43. The summed E-state index contributed by atoms with van der Waals surface area (Å²) in [6.07, 6.45) is 6.85. The Morgan fingerprint density at radius 1 is 0.373 bits per heavy atom. The maximum Gasteiger partial charge on any atom is 0.164 e. The highest BCUT2D eigenvalue weighted by atomic mass is 15.0. The summed E-state index contributed by atoms with van der Waals surface area (Å²) in [7, 11) is 0. The van der Waals surface area contributed by atoms with Crippen LogP contribution in [0, 0.1) is 23.7 Å². The summed E-state index contributed by atoms with van der Waals surface area (Å²) in [6, 6.07) is 56.2. The number of hydrogen-bond donors (Lipinski definition) is 0. The Bertz CT molecular complexity index is 3000. The van der Waals surface area contributed by atoms with Gasteiger partial charge >= 0.3 is 0 Å². The van der Waals surface area contributed by atoms with Crippen LogP contribution in [0.2, 0.25) is 0 Å². The van der Waals surface area contributed by atoms with Gasteiger partial charge in [-0.3, -0.25) is 0 Å². The Kier molecular flexibility index (Phi) is 6.96. The summed E-state index contributed by atoms with van der Waals surface area (Å²) in [5.41, 5.74) is 16.9. The molecule has 0 atom stereocenters. The SMILES string of the molecule is CC1(C)c2ccccc2-c2cc(-c3ccc(-c4nc(-c5ccccc5)nc(-c5ccc6c(c5)C5(c7cc8ccccc8cc7-6)C6CC7CC(C6)CC5C7)n4)cc3)ccc21. The second kappa shape index (κ2) is 12.2. The van der Waals surface area contributed by atoms with Gasteiger partial charge < -0.3 is 0 Å². The van der Waals surface area contributed by atoms with E-state index in [4.69, 9.17) is 15.0 Å². The molecule has 4 saturated carbocycles. The number of nitrogens with zero attached hydrogens (tertiary/aromatic N) is 3. The molecule has 59 heavy (non-hydrogen) atoms. The third kappa shape index (κ3) is 4.79. The zero-order valence-corrected chi connectivity index (χ0v) is 33.6. The zero-order chi connectivity index (χ0) is 39.0. The first-order valence-electron chi connectivity index (χ1n) is 21.8. The van der Waals surface area contributed by atoms with Crippen molar-refractivity contribution in [1.29, 1.82) is 0 Å². The van der Waals surface area contributed by atoms with Crippen molar-refractivity contribution in [2.45, 2.75) is 56.8 Å². The number of benzene rings is 7. The Morgan fingerprint density at radius 2 is 0.881 bits per heavy atom. The summed E-state index contributed by atoms with van der Waals surface area (Å²) in [4.78, 5) is 15.7. The molecule has 0 saturated heterocycles.